The Morgan fingerprint density at radius 1 is 0.839 bits per heavy atom. The van der Waals surface area contributed by atoms with Crippen LogP contribution in [0.5, 0.6) is 0 Å². The fourth-order valence-corrected chi connectivity index (χ4v) is 4.02. The van der Waals surface area contributed by atoms with Crippen LogP contribution in [0, 0.1) is 5.41 Å². The molecule has 150 valence electrons. The minimum absolute atomic E-state index is 0.0468. The molecule has 0 aliphatic carbocycles. The number of carboxylic acid groups (broad SMARTS) is 1. The molecule has 5 rings (SSSR count). The number of hydrogen-bond donors (Lipinski definition) is 2. The molecule has 5 heteroatoms. The summed E-state index contributed by atoms with van der Waals surface area (Å²) in [6.45, 7) is 0.205. The van der Waals surface area contributed by atoms with Crippen molar-refractivity contribution >= 4 is 34.0 Å². The van der Waals surface area contributed by atoms with Gasteiger partial charge in [0.25, 0.3) is 5.91 Å². The number of carbonyl (C=O) groups excluding carboxylic acids is 1. The number of nitrogens with one attached hydrogen (secondary N) is 1. The van der Waals surface area contributed by atoms with Gasteiger partial charge in [0.15, 0.2) is 0 Å². The smallest absolute Gasteiger partial charge is 0.335 e. The highest BCUT2D eigenvalue weighted by Gasteiger charge is 2.33. The van der Waals surface area contributed by atoms with Gasteiger partial charge >= 0.3 is 5.97 Å². The summed E-state index contributed by atoms with van der Waals surface area (Å²) in [5.41, 5.74) is 4.06. The van der Waals surface area contributed by atoms with Crippen molar-refractivity contribution in [2.75, 3.05) is 4.90 Å². The minimum atomic E-state index is -1.01. The van der Waals surface area contributed by atoms with Crippen molar-refractivity contribution in [1.82, 2.24) is 0 Å². The van der Waals surface area contributed by atoms with E-state index in [0.717, 1.165) is 21.9 Å². The van der Waals surface area contributed by atoms with Crippen LogP contribution >= 0.6 is 0 Å². The first-order valence-corrected chi connectivity index (χ1v) is 9.87. The molecule has 0 radical (unpaired) electrons. The molecule has 2 N–H and O–H groups in total. The highest BCUT2D eigenvalue weighted by Crippen LogP contribution is 2.35. The molecule has 0 fully saturated rings. The molecule has 0 bridgehead atoms. The van der Waals surface area contributed by atoms with E-state index in [4.69, 9.17) is 5.41 Å². The fourth-order valence-electron chi connectivity index (χ4n) is 4.02. The standard InChI is InChI=1S/C26H18N2O3/c27-24-22-11-10-20(19-9-8-17-5-1-2-6-18(17)13-19)14-23(22)28(25(24)29)15-16-4-3-7-21(12-16)26(30)31/h1-14,27H,15H2,(H,30,31). The van der Waals surface area contributed by atoms with E-state index in [1.54, 1.807) is 23.1 Å². The van der Waals surface area contributed by atoms with Crippen LogP contribution in [0.2, 0.25) is 0 Å². The zero-order valence-corrected chi connectivity index (χ0v) is 16.5. The van der Waals surface area contributed by atoms with Gasteiger partial charge in [-0.25, -0.2) is 4.79 Å². The van der Waals surface area contributed by atoms with Gasteiger partial charge in [0.2, 0.25) is 0 Å². The predicted molar refractivity (Wildman–Crippen MR) is 121 cm³/mol. The lowest BCUT2D eigenvalue weighted by molar-refractivity contribution is -0.112. The maximum absolute atomic E-state index is 12.8. The number of anilines is 1. The van der Waals surface area contributed by atoms with Gasteiger partial charge in [-0.2, -0.15) is 0 Å². The van der Waals surface area contributed by atoms with Gasteiger partial charge in [0.05, 0.1) is 17.8 Å². The summed E-state index contributed by atoms with van der Waals surface area (Å²) in [5, 5.41) is 19.8. The third-order valence-electron chi connectivity index (χ3n) is 5.61. The molecule has 5 nitrogen and oxygen atoms in total. The second-order valence-corrected chi connectivity index (χ2v) is 7.57. The van der Waals surface area contributed by atoms with Crippen molar-refractivity contribution in [2.45, 2.75) is 6.54 Å². The molecule has 31 heavy (non-hydrogen) atoms. The zero-order chi connectivity index (χ0) is 21.5. The number of carbonyl (C=O) groups is 2. The molecule has 0 saturated heterocycles. The number of hydrogen-bond acceptors (Lipinski definition) is 3. The molecule has 1 aliphatic rings. The Kier molecular flexibility index (Phi) is 4.37. The summed E-state index contributed by atoms with van der Waals surface area (Å²) in [4.78, 5) is 25.6. The highest BCUT2D eigenvalue weighted by molar-refractivity contribution is 6.53. The number of fused-ring (bicyclic) bond motifs is 2. The molecule has 0 saturated carbocycles. The quantitative estimate of drug-likeness (QED) is 0.494. The van der Waals surface area contributed by atoms with Crippen LogP contribution < -0.4 is 4.90 Å². The Morgan fingerprint density at radius 3 is 2.39 bits per heavy atom. The third-order valence-corrected chi connectivity index (χ3v) is 5.61. The molecule has 0 unspecified atom stereocenters. The van der Waals surface area contributed by atoms with Crippen molar-refractivity contribution in [2.24, 2.45) is 0 Å². The average molecular weight is 406 g/mol. The second-order valence-electron chi connectivity index (χ2n) is 7.57. The number of benzene rings is 4. The number of aromatic carboxylic acids is 1. The van der Waals surface area contributed by atoms with Gasteiger partial charge in [-0.15, -0.1) is 0 Å². The van der Waals surface area contributed by atoms with E-state index < -0.39 is 5.97 Å². The average Bonchev–Trinajstić information content (AvgIpc) is 3.03. The Hall–Kier alpha value is -4.25. The van der Waals surface area contributed by atoms with Gasteiger partial charge in [0, 0.05) is 5.56 Å². The summed E-state index contributed by atoms with van der Waals surface area (Å²) in [5.74, 6) is -1.40. The summed E-state index contributed by atoms with van der Waals surface area (Å²) >= 11 is 0. The first-order valence-electron chi connectivity index (χ1n) is 9.87. The van der Waals surface area contributed by atoms with Gasteiger partial charge in [-0.1, -0.05) is 54.6 Å². The minimum Gasteiger partial charge on any atom is -0.478 e. The van der Waals surface area contributed by atoms with Gasteiger partial charge < -0.3 is 10.0 Å². The van der Waals surface area contributed by atoms with E-state index in [9.17, 15) is 14.7 Å². The van der Waals surface area contributed by atoms with Crippen molar-refractivity contribution in [1.29, 1.82) is 5.41 Å². The lowest BCUT2D eigenvalue weighted by Crippen LogP contribution is -2.29. The molecule has 4 aromatic rings. The van der Waals surface area contributed by atoms with Crippen LogP contribution in [0.15, 0.2) is 84.9 Å². The maximum atomic E-state index is 12.8. The third kappa shape index (κ3) is 3.26. The Labute approximate surface area is 178 Å². The van der Waals surface area contributed by atoms with Crippen molar-refractivity contribution in [3.63, 3.8) is 0 Å². The first-order chi connectivity index (χ1) is 15.0. The Bertz CT molecular complexity index is 1390. The lowest BCUT2D eigenvalue weighted by atomic mass is 9.99. The molecule has 1 aliphatic heterocycles. The number of nitrogens with zero attached hydrogens (tertiary/aromatic N) is 1. The summed E-state index contributed by atoms with van der Waals surface area (Å²) in [6.07, 6.45) is 0. The van der Waals surface area contributed by atoms with E-state index >= 15 is 0 Å². The predicted octanol–water partition coefficient (Wildman–Crippen LogP) is 5.12. The SMILES string of the molecule is N=C1C(=O)N(Cc2cccc(C(=O)O)c2)c2cc(-c3ccc4ccccc4c3)ccc21. The monoisotopic (exact) mass is 406 g/mol. The molecule has 4 aromatic carbocycles. The van der Waals surface area contributed by atoms with Crippen LogP contribution in [-0.2, 0) is 11.3 Å². The zero-order valence-electron chi connectivity index (χ0n) is 16.5. The first kappa shape index (κ1) is 18.8. The van der Waals surface area contributed by atoms with E-state index in [1.807, 2.05) is 36.4 Å². The van der Waals surface area contributed by atoms with Crippen molar-refractivity contribution < 1.29 is 14.7 Å². The maximum Gasteiger partial charge on any atom is 0.335 e. The fraction of sp³-hybridized carbons (Fsp3) is 0.0385. The van der Waals surface area contributed by atoms with Crippen molar-refractivity contribution in [3.8, 4) is 11.1 Å². The normalized spacial score (nSPS) is 13.0. The van der Waals surface area contributed by atoms with Crippen molar-refractivity contribution in [3.05, 3.63) is 102 Å². The number of carboxylic acids is 1. The van der Waals surface area contributed by atoms with E-state index in [-0.39, 0.29) is 23.7 Å². The lowest BCUT2D eigenvalue weighted by Gasteiger charge is -2.18. The molecule has 1 amide bonds. The summed E-state index contributed by atoms with van der Waals surface area (Å²) in [7, 11) is 0. The van der Waals surface area contributed by atoms with Crippen LogP contribution in [-0.4, -0.2) is 22.7 Å². The summed E-state index contributed by atoms with van der Waals surface area (Å²) < 4.78 is 0. The molecular formula is C26H18N2O3. The molecule has 0 aromatic heterocycles. The number of amides is 1. The van der Waals surface area contributed by atoms with Crippen LogP contribution in [0.1, 0.15) is 21.5 Å². The molecule has 0 atom stereocenters. The van der Waals surface area contributed by atoms with E-state index in [1.165, 1.54) is 6.07 Å². The molecule has 0 spiro atoms. The van der Waals surface area contributed by atoms with Gasteiger partial charge in [-0.05, 0) is 57.8 Å². The molecule has 1 heterocycles. The van der Waals surface area contributed by atoms with Crippen LogP contribution in [0.3, 0.4) is 0 Å². The summed E-state index contributed by atoms with van der Waals surface area (Å²) in [6, 6.07) is 26.6. The van der Waals surface area contributed by atoms with Crippen LogP contribution in [0.25, 0.3) is 21.9 Å². The number of rotatable bonds is 4. The van der Waals surface area contributed by atoms with Crippen LogP contribution in [0.4, 0.5) is 5.69 Å². The van der Waals surface area contributed by atoms with E-state index in [2.05, 4.69) is 24.3 Å². The highest BCUT2D eigenvalue weighted by atomic mass is 16.4. The van der Waals surface area contributed by atoms with E-state index in [0.29, 0.717) is 16.8 Å². The second kappa shape index (κ2) is 7.22. The molecular weight excluding hydrogens is 388 g/mol. The Morgan fingerprint density at radius 2 is 1.58 bits per heavy atom. The van der Waals surface area contributed by atoms with Gasteiger partial charge in [-0.3, -0.25) is 10.2 Å². The topological polar surface area (TPSA) is 81.5 Å². The van der Waals surface area contributed by atoms with Gasteiger partial charge in [0.1, 0.15) is 5.71 Å². The largest absolute Gasteiger partial charge is 0.478 e. The Balaban J connectivity index is 1.55.